The monoisotopic (exact) mass is 288 g/mol. The van der Waals surface area contributed by atoms with Crippen LogP contribution in [0.1, 0.15) is 19.8 Å². The third kappa shape index (κ3) is 3.62. The minimum Gasteiger partial charge on any atom is -0.496 e. The van der Waals surface area contributed by atoms with Crippen molar-refractivity contribution in [1.82, 2.24) is 4.98 Å². The molecule has 1 aromatic heterocycles. The number of fused-ring (bicyclic) bond motifs is 1. The number of hydrogen-bond donors (Lipinski definition) is 2. The summed E-state index contributed by atoms with van der Waals surface area (Å²) in [6, 6.07) is 7.76. The zero-order valence-corrected chi connectivity index (χ0v) is 12.3. The molecule has 0 spiro atoms. The number of nitrogens with one attached hydrogen (secondary N) is 1. The van der Waals surface area contributed by atoms with E-state index in [-0.39, 0.29) is 5.92 Å². The molecule has 0 aliphatic heterocycles. The maximum atomic E-state index is 10.8. The van der Waals surface area contributed by atoms with Gasteiger partial charge in [-0.3, -0.25) is 4.79 Å². The number of rotatable bonds is 7. The fourth-order valence-electron chi connectivity index (χ4n) is 2.24. The van der Waals surface area contributed by atoms with Gasteiger partial charge in [0.25, 0.3) is 0 Å². The third-order valence-corrected chi connectivity index (χ3v) is 3.51. The molecule has 21 heavy (non-hydrogen) atoms. The molecule has 2 N–H and O–H groups in total. The fraction of sp³-hybridized carbons (Fsp3) is 0.375. The largest absolute Gasteiger partial charge is 0.496 e. The summed E-state index contributed by atoms with van der Waals surface area (Å²) in [5.41, 5.74) is 0. The van der Waals surface area contributed by atoms with E-state index >= 15 is 0 Å². The molecule has 0 radical (unpaired) electrons. The van der Waals surface area contributed by atoms with Gasteiger partial charge in [0.2, 0.25) is 0 Å². The van der Waals surface area contributed by atoms with E-state index in [0.29, 0.717) is 13.0 Å². The predicted octanol–water partition coefficient (Wildman–Crippen LogP) is 3.16. The molecule has 0 aliphatic rings. The lowest BCUT2D eigenvalue weighted by Gasteiger charge is -2.11. The summed E-state index contributed by atoms with van der Waals surface area (Å²) in [4.78, 5) is 15.1. The van der Waals surface area contributed by atoms with Gasteiger partial charge in [-0.05, 0) is 25.0 Å². The van der Waals surface area contributed by atoms with Gasteiger partial charge in [0, 0.05) is 23.5 Å². The van der Waals surface area contributed by atoms with Crippen molar-refractivity contribution in [3.63, 3.8) is 0 Å². The predicted molar refractivity (Wildman–Crippen MR) is 82.8 cm³/mol. The van der Waals surface area contributed by atoms with Crippen LogP contribution in [0.3, 0.4) is 0 Å². The van der Waals surface area contributed by atoms with Crippen LogP contribution in [0.25, 0.3) is 10.8 Å². The lowest BCUT2D eigenvalue weighted by Crippen LogP contribution is -2.12. The van der Waals surface area contributed by atoms with Crippen molar-refractivity contribution < 1.29 is 14.6 Å². The Hall–Kier alpha value is -2.30. The molecule has 5 heteroatoms. The molecular formula is C16H20N2O3. The van der Waals surface area contributed by atoms with Crippen molar-refractivity contribution in [3.8, 4) is 5.75 Å². The standard InChI is InChI=1S/C16H20N2O3/c1-11(16(19)20)5-4-9-17-15-13-6-3-7-14(21-2)12(13)8-10-18-15/h3,6-8,10-11H,4-5,9H2,1-2H3,(H,17,18)(H,19,20). The number of pyridine rings is 1. The van der Waals surface area contributed by atoms with E-state index in [1.165, 1.54) is 0 Å². The van der Waals surface area contributed by atoms with Crippen LogP contribution in [0, 0.1) is 5.92 Å². The van der Waals surface area contributed by atoms with Crippen molar-refractivity contribution in [1.29, 1.82) is 0 Å². The Bertz CT molecular complexity index is 628. The van der Waals surface area contributed by atoms with Crippen molar-refractivity contribution in [2.45, 2.75) is 19.8 Å². The first-order valence-corrected chi connectivity index (χ1v) is 7.02. The number of ether oxygens (including phenoxy) is 1. The number of aromatic nitrogens is 1. The van der Waals surface area contributed by atoms with Crippen molar-refractivity contribution in [2.24, 2.45) is 5.92 Å². The highest BCUT2D eigenvalue weighted by Crippen LogP contribution is 2.28. The maximum Gasteiger partial charge on any atom is 0.306 e. The van der Waals surface area contributed by atoms with Crippen molar-refractivity contribution >= 4 is 22.6 Å². The van der Waals surface area contributed by atoms with Crippen LogP contribution in [0.5, 0.6) is 5.75 Å². The van der Waals surface area contributed by atoms with E-state index in [1.807, 2.05) is 24.3 Å². The molecule has 0 aliphatic carbocycles. The molecule has 0 fully saturated rings. The van der Waals surface area contributed by atoms with Crippen LogP contribution >= 0.6 is 0 Å². The first kappa shape index (κ1) is 15.1. The Morgan fingerprint density at radius 2 is 2.19 bits per heavy atom. The minimum atomic E-state index is -0.747. The summed E-state index contributed by atoms with van der Waals surface area (Å²) in [6.45, 7) is 2.42. The first-order valence-electron chi connectivity index (χ1n) is 7.02. The highest BCUT2D eigenvalue weighted by atomic mass is 16.5. The van der Waals surface area contributed by atoms with Gasteiger partial charge in [-0.2, -0.15) is 0 Å². The Balaban J connectivity index is 2.04. The SMILES string of the molecule is COc1cccc2c(NCCCC(C)C(=O)O)nccc12. The van der Waals surface area contributed by atoms with Gasteiger partial charge >= 0.3 is 5.97 Å². The van der Waals surface area contributed by atoms with Crippen molar-refractivity contribution in [2.75, 3.05) is 19.0 Å². The van der Waals surface area contributed by atoms with Crippen LogP contribution in [0.15, 0.2) is 30.5 Å². The summed E-state index contributed by atoms with van der Waals surface area (Å²) >= 11 is 0. The average Bonchev–Trinajstić information content (AvgIpc) is 2.50. The molecule has 0 bridgehead atoms. The lowest BCUT2D eigenvalue weighted by atomic mass is 10.1. The number of nitrogens with zero attached hydrogens (tertiary/aromatic N) is 1. The number of anilines is 1. The molecule has 112 valence electrons. The van der Waals surface area contributed by atoms with Gasteiger partial charge in [-0.25, -0.2) is 4.98 Å². The normalized spacial score (nSPS) is 12.1. The number of carboxylic acids is 1. The molecule has 2 aromatic rings. The van der Waals surface area contributed by atoms with Crippen LogP contribution in [-0.2, 0) is 4.79 Å². The number of carbonyl (C=O) groups is 1. The molecule has 1 heterocycles. The summed E-state index contributed by atoms with van der Waals surface area (Å²) < 4.78 is 5.35. The number of methoxy groups -OCH3 is 1. The number of benzene rings is 1. The maximum absolute atomic E-state index is 10.8. The Labute approximate surface area is 124 Å². The second-order valence-electron chi connectivity index (χ2n) is 5.02. The number of carboxylic acid groups (broad SMARTS) is 1. The molecule has 0 amide bonds. The molecule has 0 saturated heterocycles. The van der Waals surface area contributed by atoms with Gasteiger partial charge in [-0.15, -0.1) is 0 Å². The van der Waals surface area contributed by atoms with E-state index in [4.69, 9.17) is 9.84 Å². The molecule has 0 saturated carbocycles. The quantitative estimate of drug-likeness (QED) is 0.766. The zero-order valence-electron chi connectivity index (χ0n) is 12.3. The summed E-state index contributed by atoms with van der Waals surface area (Å²) in [5, 5.41) is 14.1. The molecular weight excluding hydrogens is 268 g/mol. The Morgan fingerprint density at radius 3 is 2.90 bits per heavy atom. The summed E-state index contributed by atoms with van der Waals surface area (Å²) in [7, 11) is 1.65. The Morgan fingerprint density at radius 1 is 1.38 bits per heavy atom. The van der Waals surface area contributed by atoms with Gasteiger partial charge in [0.15, 0.2) is 0 Å². The summed E-state index contributed by atoms with van der Waals surface area (Å²) in [6.07, 6.45) is 3.18. The molecule has 1 atom stereocenters. The van der Waals surface area contributed by atoms with E-state index in [0.717, 1.165) is 28.8 Å². The van der Waals surface area contributed by atoms with Crippen molar-refractivity contribution in [3.05, 3.63) is 30.5 Å². The van der Waals surface area contributed by atoms with E-state index < -0.39 is 5.97 Å². The average molecular weight is 288 g/mol. The highest BCUT2D eigenvalue weighted by molar-refractivity contribution is 5.95. The molecule has 1 unspecified atom stereocenters. The second kappa shape index (κ2) is 6.92. The van der Waals surface area contributed by atoms with Gasteiger partial charge in [0.1, 0.15) is 11.6 Å². The van der Waals surface area contributed by atoms with Crippen LogP contribution < -0.4 is 10.1 Å². The number of hydrogen-bond acceptors (Lipinski definition) is 4. The smallest absolute Gasteiger partial charge is 0.306 e. The molecule has 5 nitrogen and oxygen atoms in total. The topological polar surface area (TPSA) is 71.5 Å². The molecule has 2 rings (SSSR count). The van der Waals surface area contributed by atoms with Gasteiger partial charge < -0.3 is 15.2 Å². The van der Waals surface area contributed by atoms with Crippen LogP contribution in [0.4, 0.5) is 5.82 Å². The van der Waals surface area contributed by atoms with Crippen LogP contribution in [0.2, 0.25) is 0 Å². The number of aliphatic carboxylic acids is 1. The van der Waals surface area contributed by atoms with Gasteiger partial charge in [0.05, 0.1) is 13.0 Å². The third-order valence-electron chi connectivity index (χ3n) is 3.51. The van der Waals surface area contributed by atoms with E-state index in [1.54, 1.807) is 20.2 Å². The summed E-state index contributed by atoms with van der Waals surface area (Å²) in [5.74, 6) is 0.558. The van der Waals surface area contributed by atoms with Crippen LogP contribution in [-0.4, -0.2) is 29.7 Å². The van der Waals surface area contributed by atoms with E-state index in [9.17, 15) is 4.79 Å². The highest BCUT2D eigenvalue weighted by Gasteiger charge is 2.10. The fourth-order valence-corrected chi connectivity index (χ4v) is 2.24. The van der Waals surface area contributed by atoms with Gasteiger partial charge in [-0.1, -0.05) is 19.1 Å². The minimum absolute atomic E-state index is 0.313. The lowest BCUT2D eigenvalue weighted by molar-refractivity contribution is -0.141. The molecule has 1 aromatic carbocycles. The second-order valence-corrected chi connectivity index (χ2v) is 5.02. The Kier molecular flexibility index (Phi) is 4.98. The zero-order chi connectivity index (χ0) is 15.2. The van der Waals surface area contributed by atoms with E-state index in [2.05, 4.69) is 10.3 Å². The first-order chi connectivity index (χ1) is 10.1.